The molecule has 8 bridgehead atoms. The zero-order chi connectivity index (χ0) is 96.3. The third kappa shape index (κ3) is 39.8. The van der Waals surface area contributed by atoms with E-state index in [4.69, 9.17) is 28.9 Å². The van der Waals surface area contributed by atoms with E-state index < -0.39 is 0 Å². The van der Waals surface area contributed by atoms with Gasteiger partial charge in [0.15, 0.2) is 0 Å². The van der Waals surface area contributed by atoms with E-state index in [-0.39, 0.29) is 23.1 Å². The molecule has 2 aliphatic heterocycles. The summed E-state index contributed by atoms with van der Waals surface area (Å²) in [6.45, 7) is 52.7. The number of unbranched alkanes of at least 4 members (excludes halogenated alkanes) is 32. The molecule has 3 aromatic heterocycles. The molecule has 0 unspecified atom stereocenters. The third-order valence-electron chi connectivity index (χ3n) is 30.3. The minimum atomic E-state index is 0. The number of H-pyrrole nitrogens is 2. The topological polar surface area (TPSA) is 94.3 Å². The molecule has 0 saturated heterocycles. The number of hydrogen-bond acceptors (Lipinski definition) is 6. The van der Waals surface area contributed by atoms with Crippen molar-refractivity contribution in [2.75, 3.05) is 131 Å². The quantitative estimate of drug-likeness (QED) is 0.0224. The van der Waals surface area contributed by atoms with Crippen LogP contribution < -0.4 is 18.9 Å². The molecule has 9 rings (SSSR count). The van der Waals surface area contributed by atoms with Crippen LogP contribution in [0.4, 0.5) is 0 Å². The summed E-state index contributed by atoms with van der Waals surface area (Å²) in [4.78, 5) is 19.9. The minimum Gasteiger partial charge on any atom is -0.494 e. The molecule has 0 saturated carbocycles. The first-order valence-corrected chi connectivity index (χ1v) is 57.3. The van der Waals surface area contributed by atoms with Crippen molar-refractivity contribution in [2.24, 2.45) is 0 Å². The maximum atomic E-state index is 6.81. The molecule has 12 nitrogen and oxygen atoms in total. The van der Waals surface area contributed by atoms with Crippen LogP contribution in [0.5, 0.6) is 23.0 Å². The van der Waals surface area contributed by atoms with E-state index in [0.717, 1.165) is 138 Å². The number of ether oxygens (including phenoxy) is 4. The summed E-state index contributed by atoms with van der Waals surface area (Å²) in [5.41, 5.74) is 15.4. The second-order valence-electron chi connectivity index (χ2n) is 41.7. The van der Waals surface area contributed by atoms with E-state index >= 15 is 0 Å². The van der Waals surface area contributed by atoms with E-state index in [1.54, 1.807) is 0 Å². The molecule has 4 aromatic carbocycles. The zero-order valence-corrected chi connectivity index (χ0v) is 91.4. The number of nitrogens with one attached hydrogen (secondary N) is 2. The first-order valence-electron chi connectivity index (χ1n) is 57.3. The molecule has 5 heterocycles. The first-order chi connectivity index (χ1) is 66.8. The molecule has 0 spiro atoms. The number of quaternary nitrogens is 4. The Balaban J connectivity index is 0.0000230. The van der Waals surface area contributed by atoms with Crippen molar-refractivity contribution in [1.82, 2.24) is 19.9 Å². The number of nitrogens with zero attached hydrogens (tertiary/aromatic N) is 6. The average Bonchev–Trinajstić information content (AvgIpc) is 1.61. The molecule has 13 heteroatoms. The second-order valence-corrected chi connectivity index (χ2v) is 41.7. The third-order valence-corrected chi connectivity index (χ3v) is 30.3. The van der Waals surface area contributed by atoms with E-state index in [2.05, 4.69) is 239 Å². The average molecular weight is 1890 g/mol. The van der Waals surface area contributed by atoms with Crippen LogP contribution in [0.15, 0.2) is 121 Å². The van der Waals surface area contributed by atoms with Crippen molar-refractivity contribution >= 4 is 69.4 Å². The Morgan fingerprint density at radius 1 is 0.197 bits per heavy atom. The van der Waals surface area contributed by atoms with Crippen LogP contribution in [0.2, 0.25) is 0 Å². The second kappa shape index (κ2) is 67.7. The van der Waals surface area contributed by atoms with Crippen LogP contribution >= 0.6 is 0 Å². The van der Waals surface area contributed by atoms with Crippen LogP contribution in [0.1, 0.15) is 414 Å². The minimum absolute atomic E-state index is 0. The van der Waals surface area contributed by atoms with E-state index in [1.165, 1.54) is 405 Å². The Kier molecular flexibility index (Phi) is 57.1. The van der Waals surface area contributed by atoms with Crippen LogP contribution in [0, 0.1) is 0 Å². The van der Waals surface area contributed by atoms with Crippen molar-refractivity contribution < 1.29 is 36.9 Å². The van der Waals surface area contributed by atoms with Gasteiger partial charge in [0.1, 0.15) is 23.0 Å². The van der Waals surface area contributed by atoms with Crippen molar-refractivity contribution in [3.05, 3.63) is 144 Å². The molecule has 0 atom stereocenters. The molecule has 0 fully saturated rings. The Labute approximate surface area is 854 Å². The fourth-order valence-electron chi connectivity index (χ4n) is 21.8. The van der Waals surface area contributed by atoms with Gasteiger partial charge in [-0.25, -0.2) is 9.97 Å². The van der Waals surface area contributed by atoms with Crippen LogP contribution in [0.25, 0.3) is 90.9 Å². The molecule has 2 aliphatic rings. The van der Waals surface area contributed by atoms with E-state index in [0.29, 0.717) is 26.4 Å². The summed E-state index contributed by atoms with van der Waals surface area (Å²) in [6.07, 6.45) is 70.1. The van der Waals surface area contributed by atoms with E-state index in [9.17, 15) is 0 Å². The van der Waals surface area contributed by atoms with Gasteiger partial charge < -0.3 is 46.8 Å². The molecular weight excluding hydrogens is 1690 g/mol. The number of hydrogen-bond donors (Lipinski definition) is 2. The largest absolute Gasteiger partial charge is 2.00 e. The van der Waals surface area contributed by atoms with E-state index in [1.807, 2.05) is 0 Å². The van der Waals surface area contributed by atoms with Gasteiger partial charge in [-0.1, -0.05) is 286 Å². The van der Waals surface area contributed by atoms with Crippen LogP contribution in [-0.4, -0.2) is 192 Å². The summed E-state index contributed by atoms with van der Waals surface area (Å²) >= 11 is 0. The maximum absolute atomic E-state index is 6.81. The van der Waals surface area contributed by atoms with Gasteiger partial charge in [0.2, 0.25) is 0 Å². The van der Waals surface area contributed by atoms with Gasteiger partial charge in [0, 0.05) is 44.3 Å². The van der Waals surface area contributed by atoms with Crippen LogP contribution in [-0.2, 0) is 0 Å². The number of benzene rings is 4. The molecule has 2 N–H and O–H groups in total. The van der Waals surface area contributed by atoms with Gasteiger partial charge in [-0.2, -0.15) is 0 Å². The number of aromatic amines is 2. The van der Waals surface area contributed by atoms with Crippen molar-refractivity contribution in [2.45, 2.75) is 391 Å². The Morgan fingerprint density at radius 3 is 0.533 bits per heavy atom. The molecule has 7 aromatic rings. The predicted molar refractivity (Wildman–Crippen MR) is 597 cm³/mol. The molecule has 0 aliphatic carbocycles. The summed E-state index contributed by atoms with van der Waals surface area (Å²) in [7, 11) is 0. The Hall–Kier alpha value is -6.71. The molecule has 754 valence electrons. The summed E-state index contributed by atoms with van der Waals surface area (Å²) < 4.78 is 32.6. The SMILES string of the molecule is CCCC[N+](CCCC)(CCCC)CCCCCCCCOc1cccc(-c2c3nc(c(-c4cccc(OCCCCCCCC[N+](CCCC)(CCCC)CCCC)c4)c4ccc([nH]4)c(-c4cccc(OCCCCCCCC[N+](CCCC)(CCCC)CCCC)c4)c4nc(c(-c5cccc(OCCCCCCCC[N+](CCCC)(CCCC)CCCC)c5)c5ccc2[nH]5)C=C4)C=C3)c1.[Mg+2]. The van der Waals surface area contributed by atoms with Crippen molar-refractivity contribution in [1.29, 1.82) is 0 Å². The fraction of sp³-hybridized carbons (Fsp3) is 0.645. The zero-order valence-electron chi connectivity index (χ0n) is 90.0. The number of rotatable bonds is 80. The maximum Gasteiger partial charge on any atom is 2.00 e. The predicted octanol–water partition coefficient (Wildman–Crippen LogP) is 34.7. The number of fused-ring (bicyclic) bond motifs is 8. The van der Waals surface area contributed by atoms with Gasteiger partial charge in [-0.05, 0) is 273 Å². The van der Waals surface area contributed by atoms with Gasteiger partial charge in [-0.3, -0.25) is 0 Å². The smallest absolute Gasteiger partial charge is 0.494 e. The Bertz CT molecular complexity index is 3980. The van der Waals surface area contributed by atoms with Gasteiger partial charge in [0.25, 0.3) is 0 Å². The van der Waals surface area contributed by atoms with Gasteiger partial charge in [-0.15, -0.1) is 0 Å². The number of aromatic nitrogens is 4. The molecule has 137 heavy (non-hydrogen) atoms. The van der Waals surface area contributed by atoms with Gasteiger partial charge in [0.05, 0.1) is 154 Å². The van der Waals surface area contributed by atoms with Gasteiger partial charge >= 0.3 is 23.1 Å². The summed E-state index contributed by atoms with van der Waals surface area (Å²) in [5, 5.41) is 0. The first kappa shape index (κ1) is 116. The molecular formula is C124H198MgN8O4+6. The summed E-state index contributed by atoms with van der Waals surface area (Å²) in [6, 6.07) is 44.1. The normalized spacial score (nSPS) is 12.4. The standard InChI is InChI=1S/C124H198N8O4.Mg/c1-13-25-81-129(82-26-14-2,83-27-15-3)93-53-45-37-41-49-57-97-133-109-69-61-65-105(101-109)121-113-73-75-115(125-113)122(106-66-62-70-110(102-106)134-98-58-50-42-38-46-54-94-130(84-28-16-4,85-29-17-5)86-30-18-6)117-77-79-119(127-117)124(108-68-64-72-112(104-108)136-100-60-52-44-40-48-56-96-132(90-34-22-10,91-35-23-11)92-36-24-12)120-80-78-118(128-120)123(116-76-74-114(121)126-116)107-67-63-71-111(103-107)135-99-59-51-43-39-47-55-95-131(87-31-19-7,88-32-20-8)89-33-21-9;/h61-80,101-104,125,128H,13-60,81-100H2,1-12H3;/q+4;+2. The Morgan fingerprint density at radius 2 is 0.358 bits per heavy atom. The van der Waals surface area contributed by atoms with Crippen LogP contribution in [0.3, 0.4) is 0 Å². The summed E-state index contributed by atoms with van der Waals surface area (Å²) in [5.74, 6) is 3.48. The molecule has 0 radical (unpaired) electrons. The van der Waals surface area contributed by atoms with Crippen molar-refractivity contribution in [3.63, 3.8) is 0 Å². The van der Waals surface area contributed by atoms with Crippen molar-refractivity contribution in [3.8, 4) is 67.5 Å². The monoisotopic (exact) mass is 1890 g/mol. The fourth-order valence-corrected chi connectivity index (χ4v) is 21.8. The molecule has 0 amide bonds.